The van der Waals surface area contributed by atoms with Crippen molar-refractivity contribution < 1.29 is 4.42 Å². The van der Waals surface area contributed by atoms with E-state index in [0.29, 0.717) is 0 Å². The Morgan fingerprint density at radius 3 is 2.71 bits per heavy atom. The zero-order chi connectivity index (χ0) is 12.5. The molecule has 1 aliphatic rings. The van der Waals surface area contributed by atoms with Crippen molar-refractivity contribution in [2.75, 3.05) is 0 Å². The van der Waals surface area contributed by atoms with Crippen molar-refractivity contribution in [3.05, 3.63) is 35.0 Å². The van der Waals surface area contributed by atoms with E-state index in [1.807, 2.05) is 26.3 Å². The lowest BCUT2D eigenvalue weighted by Crippen LogP contribution is -2.12. The van der Waals surface area contributed by atoms with Gasteiger partial charge in [-0.15, -0.1) is 12.1 Å². The Morgan fingerprint density at radius 1 is 1.29 bits per heavy atom. The smallest absolute Gasteiger partial charge is 0.231 e. The highest BCUT2D eigenvalue weighted by atomic mass is 16.3. The molecule has 0 spiro atoms. The van der Waals surface area contributed by atoms with Gasteiger partial charge in [-0.2, -0.15) is 0 Å². The number of hydrogen-bond acceptors (Lipinski definition) is 1. The molecule has 1 aromatic heterocycles. The average Bonchev–Trinajstić information content (AvgIpc) is 2.66. The molecule has 1 aromatic rings. The summed E-state index contributed by atoms with van der Waals surface area (Å²) in [5.74, 6) is 3.15. The molecule has 1 radical (unpaired) electrons. The van der Waals surface area contributed by atoms with E-state index in [0.717, 1.165) is 24.3 Å². The first-order chi connectivity index (χ1) is 8.00. The minimum Gasteiger partial charge on any atom is -0.476 e. The average molecular weight is 227 g/mol. The third kappa shape index (κ3) is 2.74. The molecule has 0 atom stereocenters. The third-order valence-corrected chi connectivity index (χ3v) is 3.23. The fraction of sp³-hybridized carbons (Fsp3) is 0.467. The molecule has 0 amide bonds. The van der Waals surface area contributed by atoms with Crippen molar-refractivity contribution >= 4 is 19.0 Å². The molecular formula is C15H20BO. The van der Waals surface area contributed by atoms with Crippen molar-refractivity contribution in [1.29, 1.82) is 0 Å². The zero-order valence-corrected chi connectivity index (χ0v) is 11.2. The van der Waals surface area contributed by atoms with Crippen LogP contribution in [0.4, 0.5) is 0 Å². The van der Waals surface area contributed by atoms with E-state index in [1.54, 1.807) is 0 Å². The molecule has 1 nitrogen and oxygen atoms in total. The molecule has 0 saturated heterocycles. The van der Waals surface area contributed by atoms with Gasteiger partial charge >= 0.3 is 0 Å². The van der Waals surface area contributed by atoms with Gasteiger partial charge in [0.05, 0.1) is 5.66 Å². The van der Waals surface area contributed by atoms with Crippen LogP contribution in [0.5, 0.6) is 0 Å². The molecule has 89 valence electrons. The van der Waals surface area contributed by atoms with Crippen molar-refractivity contribution in [1.82, 2.24) is 0 Å². The van der Waals surface area contributed by atoms with Crippen LogP contribution in [0.25, 0.3) is 6.08 Å². The van der Waals surface area contributed by atoms with Crippen molar-refractivity contribution in [2.24, 2.45) is 5.41 Å². The van der Waals surface area contributed by atoms with Crippen LogP contribution in [0.2, 0.25) is 0 Å². The van der Waals surface area contributed by atoms with E-state index in [-0.39, 0.29) is 5.41 Å². The molecule has 0 aliphatic heterocycles. The highest BCUT2D eigenvalue weighted by molar-refractivity contribution is 6.57. The molecule has 0 saturated carbocycles. The van der Waals surface area contributed by atoms with Crippen LogP contribution < -0.4 is 5.66 Å². The highest BCUT2D eigenvalue weighted by Crippen LogP contribution is 2.35. The molecule has 0 N–H and O–H groups in total. The normalized spacial score (nSPS) is 15.9. The Labute approximate surface area is 105 Å². The first kappa shape index (κ1) is 12.3. The van der Waals surface area contributed by atoms with Crippen LogP contribution in [-0.4, -0.2) is 7.28 Å². The number of rotatable bonds is 2. The lowest BCUT2D eigenvalue weighted by atomic mass is 9.75. The minimum atomic E-state index is 0.266. The number of hydrogen-bond donors (Lipinski definition) is 0. The Hall–Kier alpha value is -1.18. The van der Waals surface area contributed by atoms with Gasteiger partial charge < -0.3 is 4.42 Å². The molecule has 17 heavy (non-hydrogen) atoms. The van der Waals surface area contributed by atoms with E-state index < -0.39 is 0 Å². The topological polar surface area (TPSA) is 13.1 Å². The van der Waals surface area contributed by atoms with E-state index in [4.69, 9.17) is 4.42 Å². The second-order valence-corrected chi connectivity index (χ2v) is 5.64. The maximum absolute atomic E-state index is 5.82. The molecule has 2 heteroatoms. The van der Waals surface area contributed by atoms with Gasteiger partial charge in [0, 0.05) is 12.0 Å². The SMILES string of the molecule is C/C=C/[B]c1cc2c(o1)CCC(C(C)(C)C)=C2. The van der Waals surface area contributed by atoms with Crippen LogP contribution in [0, 0.1) is 5.41 Å². The van der Waals surface area contributed by atoms with E-state index >= 15 is 0 Å². The zero-order valence-electron chi connectivity index (χ0n) is 11.2. The summed E-state index contributed by atoms with van der Waals surface area (Å²) in [5.41, 5.74) is 4.00. The van der Waals surface area contributed by atoms with E-state index in [9.17, 15) is 0 Å². The van der Waals surface area contributed by atoms with Gasteiger partial charge in [-0.1, -0.05) is 32.4 Å². The van der Waals surface area contributed by atoms with Gasteiger partial charge in [0.1, 0.15) is 5.76 Å². The molecule has 0 unspecified atom stereocenters. The quantitative estimate of drug-likeness (QED) is 0.704. The lowest BCUT2D eigenvalue weighted by molar-refractivity contribution is 0.465. The summed E-state index contributed by atoms with van der Waals surface area (Å²) < 4.78 is 5.82. The summed E-state index contributed by atoms with van der Waals surface area (Å²) in [5, 5.41) is 0. The summed E-state index contributed by atoms with van der Waals surface area (Å²) in [4.78, 5) is 0. The standard InChI is InChI=1S/C15H20BO/c1-5-8-16-14-10-11-9-12(15(2,3)4)6-7-13(11)17-14/h5,8-10H,6-7H2,1-4H3/b8-5+. The van der Waals surface area contributed by atoms with Gasteiger partial charge in [-0.25, -0.2) is 0 Å². The molecular weight excluding hydrogens is 207 g/mol. The van der Waals surface area contributed by atoms with Crippen LogP contribution in [-0.2, 0) is 6.42 Å². The van der Waals surface area contributed by atoms with E-state index in [2.05, 4.69) is 32.9 Å². The maximum atomic E-state index is 5.82. The molecule has 1 aliphatic carbocycles. The van der Waals surface area contributed by atoms with Crippen LogP contribution in [0.1, 0.15) is 45.4 Å². The second-order valence-electron chi connectivity index (χ2n) is 5.64. The molecule has 2 rings (SSSR count). The summed E-state index contributed by atoms with van der Waals surface area (Å²) in [6, 6.07) is 2.14. The van der Waals surface area contributed by atoms with Crippen LogP contribution in [0.3, 0.4) is 0 Å². The van der Waals surface area contributed by atoms with Gasteiger partial charge in [0.15, 0.2) is 0 Å². The summed E-state index contributed by atoms with van der Waals surface area (Å²) in [6.07, 6.45) is 6.46. The maximum Gasteiger partial charge on any atom is 0.231 e. The monoisotopic (exact) mass is 227 g/mol. The molecule has 1 heterocycles. The third-order valence-electron chi connectivity index (χ3n) is 3.23. The molecule has 0 bridgehead atoms. The van der Waals surface area contributed by atoms with Crippen molar-refractivity contribution in [2.45, 2.75) is 40.5 Å². The second kappa shape index (κ2) is 4.60. The Morgan fingerprint density at radius 2 is 2.06 bits per heavy atom. The molecule has 0 fully saturated rings. The fourth-order valence-electron chi connectivity index (χ4n) is 2.15. The van der Waals surface area contributed by atoms with Gasteiger partial charge in [-0.3, -0.25) is 0 Å². The Balaban J connectivity index is 2.26. The molecule has 0 aromatic carbocycles. The number of furan rings is 1. The van der Waals surface area contributed by atoms with Crippen LogP contribution >= 0.6 is 0 Å². The minimum absolute atomic E-state index is 0.266. The van der Waals surface area contributed by atoms with Crippen LogP contribution in [0.15, 0.2) is 28.1 Å². The fourth-order valence-corrected chi connectivity index (χ4v) is 2.15. The Kier molecular flexibility index (Phi) is 3.32. The first-order valence-corrected chi connectivity index (χ1v) is 6.30. The summed E-state index contributed by atoms with van der Waals surface area (Å²) in [6.45, 7) is 8.83. The summed E-state index contributed by atoms with van der Waals surface area (Å²) in [7, 11) is 2.02. The predicted octanol–water partition coefficient (Wildman–Crippen LogP) is 3.52. The Bertz CT molecular complexity index is 458. The first-order valence-electron chi connectivity index (χ1n) is 6.30. The van der Waals surface area contributed by atoms with Gasteiger partial charge in [0.2, 0.25) is 7.28 Å². The van der Waals surface area contributed by atoms with Gasteiger partial charge in [0.25, 0.3) is 0 Å². The van der Waals surface area contributed by atoms with Gasteiger partial charge in [-0.05, 0) is 24.8 Å². The van der Waals surface area contributed by atoms with Crippen molar-refractivity contribution in [3.8, 4) is 0 Å². The number of aryl methyl sites for hydroxylation is 1. The summed E-state index contributed by atoms with van der Waals surface area (Å²) >= 11 is 0. The highest BCUT2D eigenvalue weighted by Gasteiger charge is 2.22. The van der Waals surface area contributed by atoms with E-state index in [1.165, 1.54) is 11.1 Å². The number of allylic oxidation sites excluding steroid dienone is 2. The largest absolute Gasteiger partial charge is 0.476 e. The number of fused-ring (bicyclic) bond motifs is 1. The lowest BCUT2D eigenvalue weighted by Gasteiger charge is -2.25. The predicted molar refractivity (Wildman–Crippen MR) is 74.7 cm³/mol. The van der Waals surface area contributed by atoms with Crippen molar-refractivity contribution in [3.63, 3.8) is 0 Å².